The minimum absolute atomic E-state index is 0.609. The number of anilines is 1. The predicted molar refractivity (Wildman–Crippen MR) is 69.9 cm³/mol. The van der Waals surface area contributed by atoms with Crippen LogP contribution in [0.5, 0.6) is 0 Å². The van der Waals surface area contributed by atoms with Gasteiger partial charge in [0.05, 0.1) is 15.6 Å². The standard InChI is InChI=1S/C10H14N4S2/c1-14(2)4-3-9-12-5-8(16-9)7-6-15-10(11)13-7/h5-6H,3-4H2,1-2H3,(H2,11,13). The summed E-state index contributed by atoms with van der Waals surface area (Å²) in [6.45, 7) is 1.02. The largest absolute Gasteiger partial charge is 0.375 e. The Balaban J connectivity index is 2.07. The molecule has 0 aliphatic rings. The van der Waals surface area contributed by atoms with E-state index in [0.29, 0.717) is 5.13 Å². The summed E-state index contributed by atoms with van der Waals surface area (Å²) < 4.78 is 0. The molecule has 0 saturated heterocycles. The van der Waals surface area contributed by atoms with E-state index in [1.165, 1.54) is 11.3 Å². The van der Waals surface area contributed by atoms with Gasteiger partial charge in [-0.15, -0.1) is 22.7 Å². The number of thiazole rings is 2. The Morgan fingerprint density at radius 1 is 1.44 bits per heavy atom. The summed E-state index contributed by atoms with van der Waals surface area (Å²) in [7, 11) is 4.13. The van der Waals surface area contributed by atoms with Gasteiger partial charge in [-0.2, -0.15) is 0 Å². The minimum atomic E-state index is 0.609. The number of likely N-dealkylation sites (N-methyl/N-ethyl adjacent to an activating group) is 1. The SMILES string of the molecule is CN(C)CCc1ncc(-c2csc(N)n2)s1. The number of aromatic nitrogens is 2. The molecule has 0 bridgehead atoms. The lowest BCUT2D eigenvalue weighted by molar-refractivity contribution is 0.413. The van der Waals surface area contributed by atoms with Crippen LogP contribution >= 0.6 is 22.7 Å². The number of hydrogen-bond acceptors (Lipinski definition) is 6. The molecule has 0 radical (unpaired) electrons. The lowest BCUT2D eigenvalue weighted by Crippen LogP contribution is -2.14. The first-order chi connectivity index (χ1) is 7.65. The summed E-state index contributed by atoms with van der Waals surface area (Å²) >= 11 is 3.16. The molecule has 0 aliphatic carbocycles. The fourth-order valence-corrected chi connectivity index (χ4v) is 2.77. The maximum absolute atomic E-state index is 5.61. The molecule has 0 spiro atoms. The molecule has 2 aromatic rings. The fourth-order valence-electron chi connectivity index (χ4n) is 1.26. The highest BCUT2D eigenvalue weighted by Gasteiger charge is 2.07. The third-order valence-corrected chi connectivity index (χ3v) is 3.85. The van der Waals surface area contributed by atoms with Crippen molar-refractivity contribution in [2.24, 2.45) is 0 Å². The molecule has 0 unspecified atom stereocenters. The van der Waals surface area contributed by atoms with Crippen molar-refractivity contribution in [3.05, 3.63) is 16.6 Å². The summed E-state index contributed by atoms with van der Waals surface area (Å²) in [6.07, 6.45) is 2.86. The van der Waals surface area contributed by atoms with Crippen molar-refractivity contribution in [2.45, 2.75) is 6.42 Å². The van der Waals surface area contributed by atoms with Crippen LogP contribution in [0.1, 0.15) is 5.01 Å². The van der Waals surface area contributed by atoms with Crippen molar-refractivity contribution >= 4 is 27.8 Å². The first-order valence-corrected chi connectivity index (χ1v) is 6.65. The molecule has 6 heteroatoms. The van der Waals surface area contributed by atoms with Crippen molar-refractivity contribution in [3.8, 4) is 10.6 Å². The molecule has 4 nitrogen and oxygen atoms in total. The second-order valence-corrected chi connectivity index (χ2v) is 5.75. The van der Waals surface area contributed by atoms with Crippen LogP contribution in [0.2, 0.25) is 0 Å². The van der Waals surface area contributed by atoms with Crippen LogP contribution in [0.25, 0.3) is 10.6 Å². The Morgan fingerprint density at radius 3 is 2.88 bits per heavy atom. The molecule has 0 amide bonds. The van der Waals surface area contributed by atoms with E-state index in [1.54, 1.807) is 11.3 Å². The normalized spacial score (nSPS) is 11.2. The summed E-state index contributed by atoms with van der Waals surface area (Å²) in [4.78, 5) is 11.9. The lowest BCUT2D eigenvalue weighted by atomic mass is 10.4. The zero-order valence-electron chi connectivity index (χ0n) is 9.30. The van der Waals surface area contributed by atoms with E-state index in [4.69, 9.17) is 5.73 Å². The first kappa shape index (κ1) is 11.5. The van der Waals surface area contributed by atoms with E-state index in [1.807, 2.05) is 11.6 Å². The molecule has 2 heterocycles. The van der Waals surface area contributed by atoms with Gasteiger partial charge in [0.25, 0.3) is 0 Å². The first-order valence-electron chi connectivity index (χ1n) is 4.96. The van der Waals surface area contributed by atoms with Gasteiger partial charge in [-0.25, -0.2) is 9.97 Å². The Hall–Kier alpha value is -0.980. The van der Waals surface area contributed by atoms with Crippen molar-refractivity contribution in [1.82, 2.24) is 14.9 Å². The quantitative estimate of drug-likeness (QED) is 0.906. The van der Waals surface area contributed by atoms with E-state index in [-0.39, 0.29) is 0 Å². The van der Waals surface area contributed by atoms with E-state index in [2.05, 4.69) is 29.0 Å². The smallest absolute Gasteiger partial charge is 0.180 e. The van der Waals surface area contributed by atoms with Gasteiger partial charge >= 0.3 is 0 Å². The predicted octanol–water partition coefficient (Wildman–Crippen LogP) is 1.95. The Kier molecular flexibility index (Phi) is 3.52. The maximum Gasteiger partial charge on any atom is 0.180 e. The second kappa shape index (κ2) is 4.90. The van der Waals surface area contributed by atoms with Crippen molar-refractivity contribution in [2.75, 3.05) is 26.4 Å². The van der Waals surface area contributed by atoms with Crippen LogP contribution in [-0.2, 0) is 6.42 Å². The van der Waals surface area contributed by atoms with E-state index in [9.17, 15) is 0 Å². The molecule has 0 saturated carbocycles. The molecule has 0 aromatic carbocycles. The molecular weight excluding hydrogens is 240 g/mol. The van der Waals surface area contributed by atoms with Gasteiger partial charge in [-0.1, -0.05) is 0 Å². The highest BCUT2D eigenvalue weighted by molar-refractivity contribution is 7.16. The fraction of sp³-hybridized carbons (Fsp3) is 0.400. The average Bonchev–Trinajstić information content (AvgIpc) is 2.83. The van der Waals surface area contributed by atoms with Crippen LogP contribution in [0.15, 0.2) is 11.6 Å². The zero-order valence-corrected chi connectivity index (χ0v) is 10.9. The summed E-state index contributed by atoms with van der Waals surface area (Å²) in [5.74, 6) is 0. The molecule has 2 rings (SSSR count). The summed E-state index contributed by atoms with van der Waals surface area (Å²) in [5, 5.41) is 3.73. The van der Waals surface area contributed by atoms with Gasteiger partial charge < -0.3 is 10.6 Å². The van der Waals surface area contributed by atoms with Gasteiger partial charge in [0, 0.05) is 24.5 Å². The number of nitrogens with two attached hydrogens (primary N) is 1. The molecule has 0 atom stereocenters. The van der Waals surface area contributed by atoms with Crippen molar-refractivity contribution < 1.29 is 0 Å². The van der Waals surface area contributed by atoms with Crippen LogP contribution in [0.4, 0.5) is 5.13 Å². The number of rotatable bonds is 4. The van der Waals surface area contributed by atoms with Crippen LogP contribution < -0.4 is 5.73 Å². The monoisotopic (exact) mass is 254 g/mol. The highest BCUT2D eigenvalue weighted by atomic mass is 32.1. The van der Waals surface area contributed by atoms with Gasteiger partial charge in [0.15, 0.2) is 5.13 Å². The third kappa shape index (κ3) is 2.78. The van der Waals surface area contributed by atoms with Crippen LogP contribution in [0, 0.1) is 0 Å². The lowest BCUT2D eigenvalue weighted by Gasteiger charge is -2.06. The van der Waals surface area contributed by atoms with E-state index in [0.717, 1.165) is 28.5 Å². The Bertz CT molecular complexity index is 461. The van der Waals surface area contributed by atoms with Crippen LogP contribution in [0.3, 0.4) is 0 Å². The van der Waals surface area contributed by atoms with Crippen molar-refractivity contribution in [1.29, 1.82) is 0 Å². The zero-order chi connectivity index (χ0) is 11.5. The molecule has 0 fully saturated rings. The molecule has 0 aliphatic heterocycles. The molecular formula is C10H14N4S2. The van der Waals surface area contributed by atoms with Crippen LogP contribution in [-0.4, -0.2) is 35.5 Å². The summed E-state index contributed by atoms with van der Waals surface area (Å²) in [6, 6.07) is 0. The van der Waals surface area contributed by atoms with Gasteiger partial charge in [-0.3, -0.25) is 0 Å². The molecule has 16 heavy (non-hydrogen) atoms. The minimum Gasteiger partial charge on any atom is -0.375 e. The van der Waals surface area contributed by atoms with Crippen molar-refractivity contribution in [3.63, 3.8) is 0 Å². The third-order valence-electron chi connectivity index (χ3n) is 2.10. The highest BCUT2D eigenvalue weighted by Crippen LogP contribution is 2.28. The Labute approximate surface area is 103 Å². The molecule has 86 valence electrons. The second-order valence-electron chi connectivity index (χ2n) is 3.74. The maximum atomic E-state index is 5.61. The molecule has 2 N–H and O–H groups in total. The molecule has 2 aromatic heterocycles. The van der Waals surface area contributed by atoms with Gasteiger partial charge in [0.1, 0.15) is 0 Å². The average molecular weight is 254 g/mol. The number of nitrogens with zero attached hydrogens (tertiary/aromatic N) is 3. The number of nitrogen functional groups attached to an aromatic ring is 1. The summed E-state index contributed by atoms with van der Waals surface area (Å²) in [5.41, 5.74) is 6.55. The topological polar surface area (TPSA) is 55.0 Å². The van der Waals surface area contributed by atoms with Gasteiger partial charge in [-0.05, 0) is 14.1 Å². The van der Waals surface area contributed by atoms with E-state index >= 15 is 0 Å². The van der Waals surface area contributed by atoms with Gasteiger partial charge in [0.2, 0.25) is 0 Å². The Morgan fingerprint density at radius 2 is 2.25 bits per heavy atom. The number of hydrogen-bond donors (Lipinski definition) is 1. The van der Waals surface area contributed by atoms with E-state index < -0.39 is 0 Å².